The van der Waals surface area contributed by atoms with E-state index in [0.29, 0.717) is 18.8 Å². The standard InChI is InChI=1S/C13H27N3O2/c1-6-10(9(4)5)15-12(17)13(7-2,8-3)11(14)16-18/h9-10,18H,6-8H2,1-5H3,(H2,14,16)(H,15,17). The van der Waals surface area contributed by atoms with E-state index in [-0.39, 0.29) is 17.8 Å². The molecule has 5 nitrogen and oxygen atoms in total. The molecule has 0 aromatic heterocycles. The van der Waals surface area contributed by atoms with Crippen LogP contribution in [0.4, 0.5) is 0 Å². The summed E-state index contributed by atoms with van der Waals surface area (Å²) in [6, 6.07) is 0.112. The van der Waals surface area contributed by atoms with Gasteiger partial charge in [-0.15, -0.1) is 0 Å². The summed E-state index contributed by atoms with van der Waals surface area (Å²) in [4.78, 5) is 12.4. The Labute approximate surface area is 110 Å². The average Bonchev–Trinajstić information content (AvgIpc) is 2.37. The topological polar surface area (TPSA) is 87.7 Å². The molecule has 4 N–H and O–H groups in total. The number of hydrogen-bond acceptors (Lipinski definition) is 3. The Morgan fingerprint density at radius 1 is 1.33 bits per heavy atom. The first-order valence-electron chi connectivity index (χ1n) is 6.68. The molecule has 0 saturated heterocycles. The summed E-state index contributed by atoms with van der Waals surface area (Å²) in [6.07, 6.45) is 1.89. The summed E-state index contributed by atoms with van der Waals surface area (Å²) in [7, 11) is 0. The SMILES string of the molecule is CCC(NC(=O)C(CC)(CC)C(N)=NO)C(C)C. The van der Waals surface area contributed by atoms with E-state index in [1.54, 1.807) is 0 Å². The van der Waals surface area contributed by atoms with Crippen LogP contribution in [0.1, 0.15) is 53.9 Å². The lowest BCUT2D eigenvalue weighted by Crippen LogP contribution is -2.52. The molecular formula is C13H27N3O2. The summed E-state index contributed by atoms with van der Waals surface area (Å²) in [5.41, 5.74) is 4.80. The van der Waals surface area contributed by atoms with Gasteiger partial charge < -0.3 is 16.3 Å². The van der Waals surface area contributed by atoms with E-state index in [0.717, 1.165) is 6.42 Å². The molecule has 0 aliphatic heterocycles. The number of nitrogens with two attached hydrogens (primary N) is 1. The van der Waals surface area contributed by atoms with Crippen LogP contribution in [0.2, 0.25) is 0 Å². The lowest BCUT2D eigenvalue weighted by atomic mass is 9.79. The molecule has 0 heterocycles. The molecule has 1 atom stereocenters. The van der Waals surface area contributed by atoms with Gasteiger partial charge in [0.1, 0.15) is 5.41 Å². The predicted molar refractivity (Wildman–Crippen MR) is 73.5 cm³/mol. The Balaban J connectivity index is 5.11. The molecule has 1 amide bonds. The highest BCUT2D eigenvalue weighted by Crippen LogP contribution is 2.27. The molecule has 0 fully saturated rings. The second-order valence-corrected chi connectivity index (χ2v) is 5.01. The van der Waals surface area contributed by atoms with Crippen molar-refractivity contribution in [3.05, 3.63) is 0 Å². The maximum Gasteiger partial charge on any atom is 0.234 e. The van der Waals surface area contributed by atoms with E-state index in [1.165, 1.54) is 0 Å². The number of rotatable bonds is 7. The molecule has 0 radical (unpaired) electrons. The smallest absolute Gasteiger partial charge is 0.234 e. The van der Waals surface area contributed by atoms with Gasteiger partial charge in [0, 0.05) is 6.04 Å². The van der Waals surface area contributed by atoms with E-state index < -0.39 is 5.41 Å². The number of carbonyl (C=O) groups excluding carboxylic acids is 1. The third-order valence-corrected chi connectivity index (χ3v) is 3.80. The van der Waals surface area contributed by atoms with Crippen molar-refractivity contribution in [2.75, 3.05) is 0 Å². The molecule has 5 heteroatoms. The number of hydrogen-bond donors (Lipinski definition) is 3. The van der Waals surface area contributed by atoms with Crippen molar-refractivity contribution in [1.29, 1.82) is 0 Å². The molecule has 18 heavy (non-hydrogen) atoms. The third-order valence-electron chi connectivity index (χ3n) is 3.80. The van der Waals surface area contributed by atoms with Gasteiger partial charge in [0.15, 0.2) is 5.84 Å². The van der Waals surface area contributed by atoms with Crippen molar-refractivity contribution >= 4 is 11.7 Å². The minimum Gasteiger partial charge on any atom is -0.409 e. The second kappa shape index (κ2) is 7.24. The molecule has 0 aromatic rings. The van der Waals surface area contributed by atoms with Crippen LogP contribution in [-0.4, -0.2) is 23.0 Å². The predicted octanol–water partition coefficient (Wildman–Crippen LogP) is 2.09. The fourth-order valence-corrected chi connectivity index (χ4v) is 2.19. The third kappa shape index (κ3) is 3.37. The van der Waals surface area contributed by atoms with Gasteiger partial charge in [-0.25, -0.2) is 0 Å². The van der Waals surface area contributed by atoms with Gasteiger partial charge in [-0.05, 0) is 25.2 Å². The number of nitrogens with one attached hydrogen (secondary N) is 1. The van der Waals surface area contributed by atoms with Gasteiger partial charge in [-0.3, -0.25) is 4.79 Å². The van der Waals surface area contributed by atoms with E-state index in [4.69, 9.17) is 10.9 Å². The second-order valence-electron chi connectivity index (χ2n) is 5.01. The normalized spacial score (nSPS) is 14.7. The molecule has 0 aliphatic carbocycles. The van der Waals surface area contributed by atoms with Crippen LogP contribution in [0.5, 0.6) is 0 Å². The average molecular weight is 257 g/mol. The molecule has 0 spiro atoms. The minimum absolute atomic E-state index is 0.0105. The molecule has 0 bridgehead atoms. The Kier molecular flexibility index (Phi) is 6.73. The monoisotopic (exact) mass is 257 g/mol. The summed E-state index contributed by atoms with van der Waals surface area (Å²) in [5, 5.41) is 14.9. The highest BCUT2D eigenvalue weighted by Gasteiger charge is 2.40. The van der Waals surface area contributed by atoms with Crippen LogP contribution in [0.15, 0.2) is 5.16 Å². The fraction of sp³-hybridized carbons (Fsp3) is 0.846. The minimum atomic E-state index is -0.906. The quantitative estimate of drug-likeness (QED) is 0.282. The van der Waals surface area contributed by atoms with Crippen molar-refractivity contribution in [3.8, 4) is 0 Å². The highest BCUT2D eigenvalue weighted by atomic mass is 16.4. The lowest BCUT2D eigenvalue weighted by molar-refractivity contribution is -0.129. The Hall–Kier alpha value is -1.26. The highest BCUT2D eigenvalue weighted by molar-refractivity contribution is 6.06. The van der Waals surface area contributed by atoms with Gasteiger partial charge in [0.2, 0.25) is 5.91 Å². The number of oxime groups is 1. The Morgan fingerprint density at radius 2 is 1.83 bits per heavy atom. The Bertz CT molecular complexity index is 297. The van der Waals surface area contributed by atoms with Crippen LogP contribution in [0.25, 0.3) is 0 Å². The summed E-state index contributed by atoms with van der Waals surface area (Å²) >= 11 is 0. The van der Waals surface area contributed by atoms with Crippen LogP contribution in [0.3, 0.4) is 0 Å². The first kappa shape index (κ1) is 16.7. The van der Waals surface area contributed by atoms with E-state index in [9.17, 15) is 4.79 Å². The lowest BCUT2D eigenvalue weighted by Gasteiger charge is -2.32. The molecule has 0 aromatic carbocycles. The molecule has 1 unspecified atom stereocenters. The van der Waals surface area contributed by atoms with Crippen molar-refractivity contribution in [2.45, 2.75) is 59.9 Å². The first-order chi connectivity index (χ1) is 8.39. The molecular weight excluding hydrogens is 230 g/mol. The molecule has 106 valence electrons. The van der Waals surface area contributed by atoms with Crippen LogP contribution in [-0.2, 0) is 4.79 Å². The van der Waals surface area contributed by atoms with E-state index >= 15 is 0 Å². The van der Waals surface area contributed by atoms with Gasteiger partial charge >= 0.3 is 0 Å². The fourth-order valence-electron chi connectivity index (χ4n) is 2.19. The van der Waals surface area contributed by atoms with Crippen molar-refractivity contribution in [1.82, 2.24) is 5.32 Å². The largest absolute Gasteiger partial charge is 0.409 e. The van der Waals surface area contributed by atoms with E-state index in [2.05, 4.69) is 24.3 Å². The summed E-state index contributed by atoms with van der Waals surface area (Å²) in [6.45, 7) is 9.91. The molecule has 0 aliphatic rings. The van der Waals surface area contributed by atoms with Crippen LogP contribution < -0.4 is 11.1 Å². The molecule has 0 saturated carbocycles. The van der Waals surface area contributed by atoms with Crippen LogP contribution >= 0.6 is 0 Å². The van der Waals surface area contributed by atoms with Gasteiger partial charge in [-0.2, -0.15) is 0 Å². The van der Waals surface area contributed by atoms with Crippen LogP contribution in [0, 0.1) is 11.3 Å². The van der Waals surface area contributed by atoms with Gasteiger partial charge in [0.05, 0.1) is 0 Å². The van der Waals surface area contributed by atoms with E-state index in [1.807, 2.05) is 20.8 Å². The number of amidine groups is 1. The summed E-state index contributed by atoms with van der Waals surface area (Å²) < 4.78 is 0. The first-order valence-corrected chi connectivity index (χ1v) is 6.68. The zero-order valence-corrected chi connectivity index (χ0v) is 12.2. The van der Waals surface area contributed by atoms with Gasteiger partial charge in [-0.1, -0.05) is 39.8 Å². The molecule has 0 rings (SSSR count). The zero-order chi connectivity index (χ0) is 14.3. The van der Waals surface area contributed by atoms with Crippen molar-refractivity contribution in [3.63, 3.8) is 0 Å². The van der Waals surface area contributed by atoms with Crippen molar-refractivity contribution in [2.24, 2.45) is 22.2 Å². The zero-order valence-electron chi connectivity index (χ0n) is 12.2. The Morgan fingerprint density at radius 3 is 2.11 bits per heavy atom. The maximum absolute atomic E-state index is 12.4. The number of amides is 1. The number of carbonyl (C=O) groups is 1. The summed E-state index contributed by atoms with van der Waals surface area (Å²) in [5.74, 6) is 0.199. The number of nitrogens with zero attached hydrogens (tertiary/aromatic N) is 1. The maximum atomic E-state index is 12.4. The van der Waals surface area contributed by atoms with Gasteiger partial charge in [0.25, 0.3) is 0 Å². The van der Waals surface area contributed by atoms with Crippen molar-refractivity contribution < 1.29 is 10.0 Å².